The van der Waals surface area contributed by atoms with E-state index in [-0.39, 0.29) is 0 Å². The van der Waals surface area contributed by atoms with E-state index in [2.05, 4.69) is 10.1 Å². The van der Waals surface area contributed by atoms with Crippen molar-refractivity contribution in [3.8, 4) is 22.6 Å². The molecule has 0 saturated heterocycles. The Kier molecular flexibility index (Phi) is 5.18. The van der Waals surface area contributed by atoms with Crippen molar-refractivity contribution in [2.24, 2.45) is 0 Å². The maximum atomic E-state index is 11.1. The highest BCUT2D eigenvalue weighted by atomic mass is 35.5. The highest BCUT2D eigenvalue weighted by molar-refractivity contribution is 6.36. The molecule has 0 saturated carbocycles. The molecule has 0 fully saturated rings. The fraction of sp³-hybridized carbons (Fsp3) is 0.0909. The topological polar surface area (TPSA) is 59.2 Å². The van der Waals surface area contributed by atoms with Gasteiger partial charge in [0.05, 0.1) is 16.3 Å². The Labute approximate surface area is 172 Å². The molecule has 1 atom stereocenters. The summed E-state index contributed by atoms with van der Waals surface area (Å²) in [5.74, 6) is 0.471. The summed E-state index contributed by atoms with van der Waals surface area (Å²) in [5.41, 5.74) is 4.00. The Bertz CT molecular complexity index is 1110. The molecule has 0 aliphatic carbocycles. The van der Waals surface area contributed by atoms with Crippen molar-refractivity contribution in [1.82, 2.24) is 10.1 Å². The van der Waals surface area contributed by atoms with Crippen molar-refractivity contribution in [3.05, 3.63) is 93.7 Å². The Morgan fingerprint density at radius 2 is 1.79 bits per heavy atom. The van der Waals surface area contributed by atoms with Crippen LogP contribution in [0.25, 0.3) is 22.6 Å². The third-order valence-corrected chi connectivity index (χ3v) is 5.02. The number of nitrogens with zero attached hydrogens (tertiary/aromatic N) is 2. The monoisotopic (exact) mass is 410 g/mol. The van der Waals surface area contributed by atoms with Gasteiger partial charge in [0.2, 0.25) is 0 Å². The lowest BCUT2D eigenvalue weighted by atomic mass is 9.96. The molecule has 1 unspecified atom stereocenters. The SMILES string of the molecule is Cc1ccc(-c2onc(-c3ccc(Cl)cc3Cl)c2C(O)c2ccccn2)cc1. The third-order valence-electron chi connectivity index (χ3n) is 4.47. The van der Waals surface area contributed by atoms with Crippen LogP contribution in [0.4, 0.5) is 0 Å². The highest BCUT2D eigenvalue weighted by Gasteiger charge is 2.28. The molecule has 4 nitrogen and oxygen atoms in total. The van der Waals surface area contributed by atoms with E-state index < -0.39 is 6.10 Å². The van der Waals surface area contributed by atoms with E-state index in [9.17, 15) is 5.11 Å². The van der Waals surface area contributed by atoms with Gasteiger partial charge in [-0.1, -0.05) is 64.3 Å². The van der Waals surface area contributed by atoms with Gasteiger partial charge in [0, 0.05) is 22.3 Å². The Balaban J connectivity index is 1.93. The van der Waals surface area contributed by atoms with Gasteiger partial charge in [-0.3, -0.25) is 4.98 Å². The molecule has 1 N–H and O–H groups in total. The molecule has 6 heteroatoms. The molecular formula is C22H16Cl2N2O2. The first-order chi connectivity index (χ1) is 13.5. The Hall–Kier alpha value is -2.66. The smallest absolute Gasteiger partial charge is 0.173 e. The zero-order chi connectivity index (χ0) is 19.7. The van der Waals surface area contributed by atoms with E-state index in [1.807, 2.05) is 37.3 Å². The lowest BCUT2D eigenvalue weighted by Crippen LogP contribution is -2.04. The maximum Gasteiger partial charge on any atom is 0.173 e. The van der Waals surface area contributed by atoms with Crippen molar-refractivity contribution >= 4 is 23.2 Å². The molecule has 140 valence electrons. The number of halogens is 2. The van der Waals surface area contributed by atoms with Crippen LogP contribution in [0.3, 0.4) is 0 Å². The number of hydrogen-bond acceptors (Lipinski definition) is 4. The van der Waals surface area contributed by atoms with E-state index in [0.29, 0.717) is 38.3 Å². The second kappa shape index (κ2) is 7.76. The molecule has 28 heavy (non-hydrogen) atoms. The molecule has 4 aromatic rings. The van der Waals surface area contributed by atoms with Gasteiger partial charge in [-0.15, -0.1) is 0 Å². The van der Waals surface area contributed by atoms with Crippen molar-refractivity contribution < 1.29 is 9.63 Å². The van der Waals surface area contributed by atoms with Crippen molar-refractivity contribution in [2.75, 3.05) is 0 Å². The first-order valence-electron chi connectivity index (χ1n) is 8.65. The van der Waals surface area contributed by atoms with E-state index in [0.717, 1.165) is 11.1 Å². The van der Waals surface area contributed by atoms with Crippen molar-refractivity contribution in [2.45, 2.75) is 13.0 Å². The number of rotatable bonds is 4. The summed E-state index contributed by atoms with van der Waals surface area (Å²) in [7, 11) is 0. The largest absolute Gasteiger partial charge is 0.382 e. The lowest BCUT2D eigenvalue weighted by molar-refractivity contribution is 0.215. The van der Waals surface area contributed by atoms with Crippen LogP contribution in [0.15, 0.2) is 71.4 Å². The van der Waals surface area contributed by atoms with Gasteiger partial charge >= 0.3 is 0 Å². The van der Waals surface area contributed by atoms with Gasteiger partial charge in [-0.25, -0.2) is 0 Å². The fourth-order valence-corrected chi connectivity index (χ4v) is 3.52. The van der Waals surface area contributed by atoms with Crippen LogP contribution in [0.2, 0.25) is 10.0 Å². The van der Waals surface area contributed by atoms with E-state index in [1.165, 1.54) is 0 Å². The zero-order valence-corrected chi connectivity index (χ0v) is 16.4. The summed E-state index contributed by atoms with van der Waals surface area (Å²) in [6, 6.07) is 18.3. The molecular weight excluding hydrogens is 395 g/mol. The van der Waals surface area contributed by atoms with Crippen LogP contribution < -0.4 is 0 Å². The number of aromatic nitrogens is 2. The number of aliphatic hydroxyl groups excluding tert-OH is 1. The number of pyridine rings is 1. The molecule has 4 rings (SSSR count). The average molecular weight is 411 g/mol. The minimum atomic E-state index is -1.04. The molecule has 0 amide bonds. The quantitative estimate of drug-likeness (QED) is 0.441. The Morgan fingerprint density at radius 1 is 1.00 bits per heavy atom. The van der Waals surface area contributed by atoms with Crippen LogP contribution in [0.1, 0.15) is 22.9 Å². The lowest BCUT2D eigenvalue weighted by Gasteiger charge is -2.13. The molecule has 0 bridgehead atoms. The van der Waals surface area contributed by atoms with Gasteiger partial charge in [-0.05, 0) is 37.3 Å². The van der Waals surface area contributed by atoms with Gasteiger partial charge in [0.15, 0.2) is 5.76 Å². The van der Waals surface area contributed by atoms with Crippen LogP contribution in [-0.2, 0) is 0 Å². The van der Waals surface area contributed by atoms with Crippen molar-refractivity contribution in [3.63, 3.8) is 0 Å². The standard InChI is InChI=1S/C22H16Cl2N2O2/c1-13-5-7-14(8-6-13)22-19(21(27)18-4-2-3-11-25-18)20(26-28-22)16-10-9-15(23)12-17(16)24/h2-12,21,27H,1H3. The molecule has 0 spiro atoms. The summed E-state index contributed by atoms with van der Waals surface area (Å²) < 4.78 is 5.67. The van der Waals surface area contributed by atoms with Gasteiger partial charge in [0.25, 0.3) is 0 Å². The van der Waals surface area contributed by atoms with E-state index in [1.54, 1.807) is 36.5 Å². The molecule has 2 aromatic heterocycles. The number of aryl methyl sites for hydroxylation is 1. The van der Waals surface area contributed by atoms with Crippen LogP contribution in [-0.4, -0.2) is 15.2 Å². The third kappa shape index (κ3) is 3.54. The molecule has 2 heterocycles. The first kappa shape index (κ1) is 18.7. The van der Waals surface area contributed by atoms with E-state index in [4.69, 9.17) is 27.7 Å². The van der Waals surface area contributed by atoms with Crippen molar-refractivity contribution in [1.29, 1.82) is 0 Å². The fourth-order valence-electron chi connectivity index (χ4n) is 3.03. The second-order valence-corrected chi connectivity index (χ2v) is 7.26. The molecule has 2 aromatic carbocycles. The molecule has 0 aliphatic heterocycles. The normalized spacial score (nSPS) is 12.1. The predicted molar refractivity (Wildman–Crippen MR) is 110 cm³/mol. The van der Waals surface area contributed by atoms with Crippen LogP contribution in [0.5, 0.6) is 0 Å². The number of benzene rings is 2. The highest BCUT2D eigenvalue weighted by Crippen LogP contribution is 2.41. The summed E-state index contributed by atoms with van der Waals surface area (Å²) in [4.78, 5) is 4.28. The maximum absolute atomic E-state index is 11.1. The van der Waals surface area contributed by atoms with Crippen LogP contribution >= 0.6 is 23.2 Å². The molecule has 0 radical (unpaired) electrons. The van der Waals surface area contributed by atoms with Gasteiger partial charge < -0.3 is 9.63 Å². The Morgan fingerprint density at radius 3 is 2.46 bits per heavy atom. The summed E-state index contributed by atoms with van der Waals surface area (Å²) >= 11 is 12.4. The zero-order valence-electron chi connectivity index (χ0n) is 14.9. The van der Waals surface area contributed by atoms with Crippen LogP contribution in [0, 0.1) is 6.92 Å². The summed E-state index contributed by atoms with van der Waals surface area (Å²) in [5, 5.41) is 16.3. The average Bonchev–Trinajstić information content (AvgIpc) is 3.13. The second-order valence-electron chi connectivity index (χ2n) is 6.42. The minimum Gasteiger partial charge on any atom is -0.382 e. The van der Waals surface area contributed by atoms with Gasteiger partial charge in [0.1, 0.15) is 11.8 Å². The molecule has 0 aliphatic rings. The number of aliphatic hydroxyl groups is 1. The summed E-state index contributed by atoms with van der Waals surface area (Å²) in [6.07, 6.45) is 0.595. The predicted octanol–water partition coefficient (Wildman–Crippen LogP) is 6.10. The van der Waals surface area contributed by atoms with Gasteiger partial charge in [-0.2, -0.15) is 0 Å². The minimum absolute atomic E-state index is 0.422. The van der Waals surface area contributed by atoms with E-state index >= 15 is 0 Å². The number of hydrogen-bond donors (Lipinski definition) is 1. The first-order valence-corrected chi connectivity index (χ1v) is 9.41. The summed E-state index contributed by atoms with van der Waals surface area (Å²) in [6.45, 7) is 2.01.